The molecule has 0 radical (unpaired) electrons. The molecule has 146 valence electrons. The molecule has 0 saturated heterocycles. The first kappa shape index (κ1) is 18.9. The third-order valence-corrected chi connectivity index (χ3v) is 5.55. The number of rotatable bonds is 4. The van der Waals surface area contributed by atoms with E-state index in [9.17, 15) is 23.2 Å². The van der Waals surface area contributed by atoms with Crippen LogP contribution >= 0.6 is 11.3 Å². The number of aromatic nitrogens is 2. The average molecular weight is 412 g/mol. The Balaban J connectivity index is 1.80. The van der Waals surface area contributed by atoms with E-state index in [2.05, 4.69) is 4.98 Å². The van der Waals surface area contributed by atoms with Gasteiger partial charge in [-0.1, -0.05) is 12.1 Å². The van der Waals surface area contributed by atoms with Gasteiger partial charge in [-0.3, -0.25) is 19.1 Å². The predicted octanol–water partition coefficient (Wildman–Crippen LogP) is 3.89. The highest BCUT2D eigenvalue weighted by atomic mass is 32.1. The number of Topliss-reactive ketones (excluding diaryl/α,β-unsaturated/α-hetero) is 1. The van der Waals surface area contributed by atoms with Crippen molar-refractivity contribution in [3.05, 3.63) is 91.4 Å². The van der Waals surface area contributed by atoms with Gasteiger partial charge in [0.15, 0.2) is 5.78 Å². The van der Waals surface area contributed by atoms with Crippen LogP contribution in [0.25, 0.3) is 21.3 Å². The maximum Gasteiger partial charge on any atom is 0.329 e. The smallest absolute Gasteiger partial charge is 0.298 e. The predicted molar refractivity (Wildman–Crippen MR) is 108 cm³/mol. The van der Waals surface area contributed by atoms with Gasteiger partial charge in [-0.15, -0.1) is 11.3 Å². The molecule has 0 aliphatic rings. The third-order valence-electron chi connectivity index (χ3n) is 4.65. The molecule has 0 fully saturated rings. The van der Waals surface area contributed by atoms with E-state index in [0.29, 0.717) is 21.5 Å². The minimum atomic E-state index is -0.706. The van der Waals surface area contributed by atoms with Crippen molar-refractivity contribution in [2.24, 2.45) is 0 Å². The summed E-state index contributed by atoms with van der Waals surface area (Å²) in [7, 11) is 0. The fourth-order valence-corrected chi connectivity index (χ4v) is 4.04. The van der Waals surface area contributed by atoms with Crippen molar-refractivity contribution in [3.8, 4) is 11.1 Å². The number of carbonyl (C=O) groups excluding carboxylic acids is 1. The van der Waals surface area contributed by atoms with Crippen molar-refractivity contribution in [1.82, 2.24) is 9.55 Å². The quantitative estimate of drug-likeness (QED) is 0.517. The van der Waals surface area contributed by atoms with Gasteiger partial charge in [-0.2, -0.15) is 0 Å². The zero-order valence-corrected chi connectivity index (χ0v) is 16.0. The van der Waals surface area contributed by atoms with Crippen LogP contribution < -0.4 is 11.2 Å². The summed E-state index contributed by atoms with van der Waals surface area (Å²) in [4.78, 5) is 41.0. The Morgan fingerprint density at radius 3 is 2.52 bits per heavy atom. The van der Waals surface area contributed by atoms with Crippen LogP contribution in [0.2, 0.25) is 0 Å². The van der Waals surface area contributed by atoms with Gasteiger partial charge in [0.05, 0.1) is 11.9 Å². The molecular weight excluding hydrogens is 398 g/mol. The minimum absolute atomic E-state index is 0.208. The first-order valence-corrected chi connectivity index (χ1v) is 9.52. The van der Waals surface area contributed by atoms with E-state index in [1.807, 2.05) is 0 Å². The number of nitrogens with one attached hydrogen (secondary N) is 1. The lowest BCUT2D eigenvalue weighted by Crippen LogP contribution is -2.37. The van der Waals surface area contributed by atoms with Gasteiger partial charge in [-0.25, -0.2) is 13.6 Å². The molecule has 4 rings (SSSR count). The summed E-state index contributed by atoms with van der Waals surface area (Å²) in [5.74, 6) is -1.34. The van der Waals surface area contributed by atoms with Gasteiger partial charge < -0.3 is 0 Å². The average Bonchev–Trinajstić information content (AvgIpc) is 3.11. The lowest BCUT2D eigenvalue weighted by Gasteiger charge is -2.07. The number of fused-ring (bicyclic) bond motifs is 1. The van der Waals surface area contributed by atoms with Crippen molar-refractivity contribution in [2.75, 3.05) is 0 Å². The number of carbonyl (C=O) groups is 1. The molecule has 4 aromatic rings. The van der Waals surface area contributed by atoms with Gasteiger partial charge in [0, 0.05) is 16.5 Å². The zero-order chi connectivity index (χ0) is 20.7. The van der Waals surface area contributed by atoms with E-state index in [1.165, 1.54) is 60.7 Å². The number of thiophene rings is 1. The number of benzene rings is 2. The Bertz CT molecular complexity index is 1370. The van der Waals surface area contributed by atoms with Crippen molar-refractivity contribution in [2.45, 2.75) is 13.5 Å². The summed E-state index contributed by atoms with van der Waals surface area (Å²) in [5, 5.41) is 1.95. The number of hydrogen-bond donors (Lipinski definition) is 1. The molecule has 29 heavy (non-hydrogen) atoms. The number of H-pyrrole nitrogens is 1. The SMILES string of the molecule is Cc1cc(C(=O)Cn2c(=O)[nH]c3scc(-c4ccc(F)cc4)c3c2=O)ccc1F. The van der Waals surface area contributed by atoms with E-state index in [-0.39, 0.29) is 10.9 Å². The molecule has 0 aliphatic carbocycles. The fraction of sp³-hybridized carbons (Fsp3) is 0.0952. The Morgan fingerprint density at radius 2 is 1.83 bits per heavy atom. The second-order valence-corrected chi connectivity index (χ2v) is 7.45. The molecule has 2 aromatic heterocycles. The largest absolute Gasteiger partial charge is 0.329 e. The maximum absolute atomic E-state index is 13.4. The number of aryl methyl sites for hydroxylation is 1. The van der Waals surface area contributed by atoms with E-state index in [0.717, 1.165) is 4.57 Å². The number of aromatic amines is 1. The molecule has 0 bridgehead atoms. The lowest BCUT2D eigenvalue weighted by molar-refractivity contribution is 0.0969. The van der Waals surface area contributed by atoms with Crippen LogP contribution in [0.3, 0.4) is 0 Å². The molecule has 2 heterocycles. The fourth-order valence-electron chi connectivity index (χ4n) is 3.09. The second kappa shape index (κ2) is 7.21. The Labute approximate surface area is 166 Å². The summed E-state index contributed by atoms with van der Waals surface area (Å²) in [5.41, 5.74) is 0.348. The standard InChI is InChI=1S/C21H14F2N2O3S/c1-11-8-13(4-7-16(11)23)17(26)9-25-20(27)18-15(10-29-19(18)24-21(25)28)12-2-5-14(22)6-3-12/h2-8,10H,9H2,1H3,(H,24,28). The van der Waals surface area contributed by atoms with Crippen LogP contribution in [-0.2, 0) is 6.54 Å². The van der Waals surface area contributed by atoms with Crippen LogP contribution in [0.4, 0.5) is 8.78 Å². The molecule has 2 aromatic carbocycles. The van der Waals surface area contributed by atoms with E-state index < -0.39 is 35.2 Å². The number of halogens is 2. The summed E-state index contributed by atoms with van der Waals surface area (Å²) < 4.78 is 27.5. The van der Waals surface area contributed by atoms with Crippen molar-refractivity contribution < 1.29 is 13.6 Å². The van der Waals surface area contributed by atoms with Gasteiger partial charge in [0.25, 0.3) is 5.56 Å². The van der Waals surface area contributed by atoms with E-state index in [1.54, 1.807) is 5.38 Å². The molecule has 0 saturated carbocycles. The first-order valence-electron chi connectivity index (χ1n) is 8.65. The Hall–Kier alpha value is -3.39. The molecule has 0 unspecified atom stereocenters. The summed E-state index contributed by atoms with van der Waals surface area (Å²) in [6, 6.07) is 9.51. The highest BCUT2D eigenvalue weighted by molar-refractivity contribution is 7.17. The highest BCUT2D eigenvalue weighted by Crippen LogP contribution is 2.30. The van der Waals surface area contributed by atoms with E-state index >= 15 is 0 Å². The monoisotopic (exact) mass is 412 g/mol. The number of hydrogen-bond acceptors (Lipinski definition) is 4. The molecule has 0 aliphatic heterocycles. The van der Waals surface area contributed by atoms with Gasteiger partial charge in [0.2, 0.25) is 0 Å². The summed E-state index contributed by atoms with van der Waals surface area (Å²) in [6.45, 7) is 1.05. The first-order chi connectivity index (χ1) is 13.8. The van der Waals surface area contributed by atoms with Crippen LogP contribution in [0.1, 0.15) is 15.9 Å². The Morgan fingerprint density at radius 1 is 1.10 bits per heavy atom. The van der Waals surface area contributed by atoms with Gasteiger partial charge in [-0.05, 0) is 48.4 Å². The topological polar surface area (TPSA) is 71.9 Å². The van der Waals surface area contributed by atoms with Gasteiger partial charge >= 0.3 is 5.69 Å². The van der Waals surface area contributed by atoms with Crippen molar-refractivity contribution in [3.63, 3.8) is 0 Å². The van der Waals surface area contributed by atoms with Crippen molar-refractivity contribution in [1.29, 1.82) is 0 Å². The van der Waals surface area contributed by atoms with Crippen molar-refractivity contribution >= 4 is 27.3 Å². The minimum Gasteiger partial charge on any atom is -0.298 e. The third kappa shape index (κ3) is 3.42. The molecule has 0 spiro atoms. The zero-order valence-electron chi connectivity index (χ0n) is 15.2. The van der Waals surface area contributed by atoms with Crippen LogP contribution in [0.5, 0.6) is 0 Å². The summed E-state index contributed by atoms with van der Waals surface area (Å²) in [6.07, 6.45) is 0. The number of nitrogens with zero attached hydrogens (tertiary/aromatic N) is 1. The number of ketones is 1. The molecule has 1 N–H and O–H groups in total. The van der Waals surface area contributed by atoms with Crippen LogP contribution in [-0.4, -0.2) is 15.3 Å². The molecular formula is C21H14F2N2O3S. The highest BCUT2D eigenvalue weighted by Gasteiger charge is 2.18. The summed E-state index contributed by atoms with van der Waals surface area (Å²) >= 11 is 1.18. The normalized spacial score (nSPS) is 11.1. The molecule has 8 heteroatoms. The lowest BCUT2D eigenvalue weighted by atomic mass is 10.1. The molecule has 0 atom stereocenters. The Kier molecular flexibility index (Phi) is 4.71. The molecule has 0 amide bonds. The second-order valence-electron chi connectivity index (χ2n) is 6.57. The maximum atomic E-state index is 13.4. The molecule has 5 nitrogen and oxygen atoms in total. The van der Waals surface area contributed by atoms with Crippen LogP contribution in [0, 0.1) is 18.6 Å². The van der Waals surface area contributed by atoms with Crippen LogP contribution in [0.15, 0.2) is 57.4 Å². The van der Waals surface area contributed by atoms with E-state index in [4.69, 9.17) is 0 Å². The van der Waals surface area contributed by atoms with Gasteiger partial charge in [0.1, 0.15) is 16.5 Å².